The molecule has 0 spiro atoms. The van der Waals surface area contributed by atoms with E-state index in [-0.39, 0.29) is 0 Å². The third-order valence-corrected chi connectivity index (χ3v) is 1.44. The first-order valence-corrected chi connectivity index (χ1v) is 3.49. The van der Waals surface area contributed by atoms with Crippen molar-refractivity contribution in [3.8, 4) is 0 Å². The highest BCUT2D eigenvalue weighted by Crippen LogP contribution is 2.06. The second-order valence-electron chi connectivity index (χ2n) is 0.271. The fourth-order valence-corrected chi connectivity index (χ4v) is 0.581. The summed E-state index contributed by atoms with van der Waals surface area (Å²) in [5.41, 5.74) is 0. The highest BCUT2D eigenvalue weighted by atomic mass is 33.1. The zero-order valence-corrected chi connectivity index (χ0v) is 4.87. The van der Waals surface area contributed by atoms with Crippen molar-refractivity contribution < 1.29 is 0 Å². The molecule has 0 aliphatic rings. The average Bonchev–Trinajstić information content (AvgIpc) is 1.41. The summed E-state index contributed by atoms with van der Waals surface area (Å²) in [4.78, 5) is 0. The Morgan fingerprint density at radius 1 is 1.80 bits per heavy atom. The van der Waals surface area contributed by atoms with Gasteiger partial charge in [0.1, 0.15) is 0 Å². The van der Waals surface area contributed by atoms with E-state index in [1.54, 1.807) is 0 Å². The Labute approximate surface area is 44.5 Å². The molecule has 0 rings (SSSR count). The van der Waals surface area contributed by atoms with Crippen LogP contribution in [-0.2, 0) is 0 Å². The third kappa shape index (κ3) is 4.97. The van der Waals surface area contributed by atoms with Crippen LogP contribution >= 0.6 is 34.8 Å². The van der Waals surface area contributed by atoms with E-state index in [2.05, 4.69) is 16.9 Å². The van der Waals surface area contributed by atoms with E-state index in [4.69, 9.17) is 5.14 Å². The molecule has 0 aliphatic carbocycles. The molecule has 32 valence electrons. The van der Waals surface area contributed by atoms with Crippen LogP contribution in [0, 0.1) is 0 Å². The third-order valence-electron chi connectivity index (χ3n) is 0.0854. The van der Waals surface area contributed by atoms with Crippen LogP contribution in [0.15, 0.2) is 0 Å². The normalized spacial score (nSPS) is 8.40. The van der Waals surface area contributed by atoms with Crippen molar-refractivity contribution in [2.75, 3.05) is 0 Å². The molecule has 0 fully saturated rings. The number of hydrogen-bond donors (Lipinski definition) is 3. The second-order valence-corrected chi connectivity index (χ2v) is 2.44. The molecule has 0 unspecified atom stereocenters. The van der Waals surface area contributed by atoms with Crippen molar-refractivity contribution >= 4 is 34.8 Å². The standard InChI is InChI=1S/H4N2S3/c1-4-5-2-3/h2-3H,1H2. The molecule has 3 N–H and O–H groups in total. The molecular weight excluding hydrogens is 124 g/mol. The van der Waals surface area contributed by atoms with Gasteiger partial charge in [0.15, 0.2) is 0 Å². The van der Waals surface area contributed by atoms with E-state index in [0.717, 1.165) is 11.0 Å². The van der Waals surface area contributed by atoms with Gasteiger partial charge in [0, 0.05) is 22.0 Å². The lowest BCUT2D eigenvalue weighted by molar-refractivity contribution is 1.82. The first kappa shape index (κ1) is 5.97. The van der Waals surface area contributed by atoms with Crippen LogP contribution < -0.4 is 9.27 Å². The van der Waals surface area contributed by atoms with Gasteiger partial charge in [-0.2, -0.15) is 0 Å². The van der Waals surface area contributed by atoms with Gasteiger partial charge < -0.3 is 0 Å². The van der Waals surface area contributed by atoms with E-state index in [1.165, 1.54) is 11.0 Å². The van der Waals surface area contributed by atoms with Gasteiger partial charge in [-0.05, 0) is 0 Å². The Bertz CT molecular complexity index is 12.4. The number of nitrogens with one attached hydrogen (secondary N) is 1. The Kier molecular flexibility index (Phi) is 5.93. The first-order valence-electron chi connectivity index (χ1n) is 0.830. The van der Waals surface area contributed by atoms with Crippen molar-refractivity contribution in [3.63, 3.8) is 0 Å². The lowest BCUT2D eigenvalue weighted by Gasteiger charge is -1.81. The van der Waals surface area contributed by atoms with E-state index in [1.807, 2.05) is 0 Å². The summed E-state index contributed by atoms with van der Waals surface area (Å²) >= 11 is 3.61. The summed E-state index contributed by atoms with van der Waals surface area (Å²) in [7, 11) is 2.40. The molecule has 5 heteroatoms. The van der Waals surface area contributed by atoms with Crippen molar-refractivity contribution in [1.29, 1.82) is 0 Å². The summed E-state index contributed by atoms with van der Waals surface area (Å²) in [5.74, 6) is 0. The van der Waals surface area contributed by atoms with Crippen LogP contribution in [0.4, 0.5) is 0 Å². The Morgan fingerprint density at radius 2 is 2.40 bits per heavy atom. The minimum atomic E-state index is 1.13. The maximum Gasteiger partial charge on any atom is 0.0156 e. The summed E-state index contributed by atoms with van der Waals surface area (Å²) in [6, 6.07) is 0. The largest absolute Gasteiger partial charge is 0.267 e. The van der Waals surface area contributed by atoms with Gasteiger partial charge >= 0.3 is 0 Å². The smallest absolute Gasteiger partial charge is 0.0156 e. The fourth-order valence-electron chi connectivity index (χ4n) is 0.0215. The number of nitrogens with two attached hydrogens (primary N) is 1. The number of hydrogen-bond acceptors (Lipinski definition) is 5. The highest BCUT2D eigenvalue weighted by Gasteiger charge is 1.67. The first-order chi connectivity index (χ1) is 2.41. The molecule has 0 atom stereocenters. The summed E-state index contributed by atoms with van der Waals surface area (Å²) in [6.07, 6.45) is 0. The molecule has 0 aliphatic heterocycles. The molecular formula is H4N2S3. The quantitative estimate of drug-likeness (QED) is 0.289. The summed E-state index contributed by atoms with van der Waals surface area (Å²) in [5, 5.41) is 4.91. The van der Waals surface area contributed by atoms with Gasteiger partial charge in [-0.1, -0.05) is 12.8 Å². The summed E-state index contributed by atoms with van der Waals surface area (Å²) < 4.78 is 2.47. The molecule has 0 saturated heterocycles. The van der Waals surface area contributed by atoms with Crippen LogP contribution in [-0.4, -0.2) is 0 Å². The van der Waals surface area contributed by atoms with Crippen LogP contribution in [0.2, 0.25) is 0 Å². The Balaban J connectivity index is 2.19. The molecule has 0 bridgehead atoms. The minimum absolute atomic E-state index is 1.13. The summed E-state index contributed by atoms with van der Waals surface area (Å²) in [6.45, 7) is 0. The number of thiol groups is 1. The molecule has 0 aromatic heterocycles. The van der Waals surface area contributed by atoms with Crippen molar-refractivity contribution in [2.24, 2.45) is 5.14 Å². The minimum Gasteiger partial charge on any atom is -0.267 e. The molecule has 0 aromatic rings. The predicted octanol–water partition coefficient (Wildman–Crippen LogP) is 0.591. The molecule has 5 heavy (non-hydrogen) atoms. The van der Waals surface area contributed by atoms with Gasteiger partial charge in [0.05, 0.1) is 0 Å². The van der Waals surface area contributed by atoms with Crippen LogP contribution in [0.5, 0.6) is 0 Å². The maximum absolute atomic E-state index is 4.91. The van der Waals surface area contributed by atoms with Crippen LogP contribution in [0.25, 0.3) is 0 Å². The van der Waals surface area contributed by atoms with Crippen molar-refractivity contribution in [1.82, 2.24) is 4.13 Å². The van der Waals surface area contributed by atoms with Crippen LogP contribution in [0.3, 0.4) is 0 Å². The molecule has 0 saturated carbocycles. The van der Waals surface area contributed by atoms with E-state index in [9.17, 15) is 0 Å². The maximum atomic E-state index is 4.91. The molecule has 2 nitrogen and oxygen atoms in total. The van der Waals surface area contributed by atoms with Gasteiger partial charge in [-0.25, -0.2) is 4.13 Å². The van der Waals surface area contributed by atoms with E-state index >= 15 is 0 Å². The lowest BCUT2D eigenvalue weighted by atomic mass is 13.9. The zero-order valence-electron chi connectivity index (χ0n) is 2.34. The predicted molar refractivity (Wildman–Crippen MR) is 31.5 cm³/mol. The molecule has 0 aromatic carbocycles. The fraction of sp³-hybridized carbons (Fsp3) is 0. The molecule has 0 amide bonds. The number of rotatable bonds is 2. The molecule has 0 radical (unpaired) electrons. The molecule has 0 heterocycles. The Hall–Kier alpha value is 0.970. The van der Waals surface area contributed by atoms with Gasteiger partial charge in [-0.3, -0.25) is 5.14 Å². The van der Waals surface area contributed by atoms with Gasteiger partial charge in [0.2, 0.25) is 0 Å². The van der Waals surface area contributed by atoms with Crippen molar-refractivity contribution in [2.45, 2.75) is 0 Å². The highest BCUT2D eigenvalue weighted by molar-refractivity contribution is 8.76. The van der Waals surface area contributed by atoms with E-state index in [0.29, 0.717) is 0 Å². The monoisotopic (exact) mass is 128 g/mol. The van der Waals surface area contributed by atoms with Crippen LogP contribution in [0.1, 0.15) is 0 Å². The van der Waals surface area contributed by atoms with Gasteiger partial charge in [0.25, 0.3) is 0 Å². The lowest BCUT2D eigenvalue weighted by Crippen LogP contribution is -1.78. The Morgan fingerprint density at radius 3 is 2.40 bits per heavy atom. The van der Waals surface area contributed by atoms with Crippen molar-refractivity contribution in [3.05, 3.63) is 0 Å². The zero-order chi connectivity index (χ0) is 4.12. The second kappa shape index (κ2) is 4.97. The topological polar surface area (TPSA) is 38.0 Å². The van der Waals surface area contributed by atoms with E-state index < -0.39 is 0 Å². The average molecular weight is 128 g/mol. The van der Waals surface area contributed by atoms with Gasteiger partial charge in [-0.15, -0.1) is 0 Å². The SMILES string of the molecule is NSSNS.